The molecule has 0 amide bonds. The van der Waals surface area contributed by atoms with Crippen LogP contribution in [-0.4, -0.2) is 13.5 Å². The summed E-state index contributed by atoms with van der Waals surface area (Å²) in [4.78, 5) is 0.197. The number of anilines is 1. The fraction of sp³-hybridized carbons (Fsp3) is 0.143. The Morgan fingerprint density at radius 2 is 1.80 bits per heavy atom. The third-order valence-corrected chi connectivity index (χ3v) is 4.90. The minimum absolute atomic E-state index is 0.197. The van der Waals surface area contributed by atoms with E-state index in [9.17, 15) is 13.5 Å². The second kappa shape index (κ2) is 6.11. The molecule has 2 aromatic carbocycles. The molecule has 0 aliphatic rings. The molecule has 0 fully saturated rings. The van der Waals surface area contributed by atoms with Gasteiger partial charge in [-0.05, 0) is 59.8 Å². The maximum Gasteiger partial charge on any atom is 0.261 e. The second-order valence-corrected chi connectivity index (χ2v) is 7.31. The highest BCUT2D eigenvalue weighted by Crippen LogP contribution is 2.22. The van der Waals surface area contributed by atoms with E-state index in [0.29, 0.717) is 11.3 Å². The number of sulfonamides is 1. The van der Waals surface area contributed by atoms with Crippen LogP contribution in [0.1, 0.15) is 11.1 Å². The third kappa shape index (κ3) is 3.50. The SMILES string of the molecule is Cc1ccc(NS(=O)(=O)c2ccc(I)cc2)c(CO)c1. The predicted octanol–water partition coefficient (Wildman–Crippen LogP) is 2.89. The van der Waals surface area contributed by atoms with Gasteiger partial charge in [-0.1, -0.05) is 17.7 Å². The summed E-state index contributed by atoms with van der Waals surface area (Å²) in [6.45, 7) is 1.67. The molecule has 0 heterocycles. The molecule has 2 N–H and O–H groups in total. The van der Waals surface area contributed by atoms with Crippen LogP contribution in [-0.2, 0) is 16.6 Å². The standard InChI is InChI=1S/C14H14INO3S/c1-10-2-7-14(11(8-10)9-17)16-20(18,19)13-5-3-12(15)4-6-13/h2-8,16-17H,9H2,1H3. The molecule has 0 spiro atoms. The van der Waals surface area contributed by atoms with Crippen molar-refractivity contribution in [2.75, 3.05) is 4.72 Å². The summed E-state index contributed by atoms with van der Waals surface area (Å²) in [5.74, 6) is 0. The number of aliphatic hydroxyl groups is 1. The minimum atomic E-state index is -3.64. The largest absolute Gasteiger partial charge is 0.392 e. The molecule has 4 nitrogen and oxygen atoms in total. The van der Waals surface area contributed by atoms with Crippen molar-refractivity contribution in [3.8, 4) is 0 Å². The normalized spacial score (nSPS) is 11.3. The molecule has 20 heavy (non-hydrogen) atoms. The molecular formula is C14H14INO3S. The molecule has 6 heteroatoms. The van der Waals surface area contributed by atoms with Gasteiger partial charge in [-0.15, -0.1) is 0 Å². The Balaban J connectivity index is 2.35. The van der Waals surface area contributed by atoms with Gasteiger partial charge in [0, 0.05) is 9.13 Å². The molecule has 106 valence electrons. The summed E-state index contributed by atoms with van der Waals surface area (Å²) in [5.41, 5.74) is 1.92. The zero-order valence-electron chi connectivity index (χ0n) is 10.8. The van der Waals surface area contributed by atoms with Crippen molar-refractivity contribution in [1.29, 1.82) is 0 Å². The Morgan fingerprint density at radius 1 is 1.15 bits per heavy atom. The first kappa shape index (κ1) is 15.3. The number of nitrogens with one attached hydrogen (secondary N) is 1. The van der Waals surface area contributed by atoms with Gasteiger partial charge in [-0.3, -0.25) is 4.72 Å². The molecule has 0 saturated carbocycles. The zero-order chi connectivity index (χ0) is 14.8. The maximum atomic E-state index is 12.3. The summed E-state index contributed by atoms with van der Waals surface area (Å²) in [6.07, 6.45) is 0. The van der Waals surface area contributed by atoms with E-state index in [0.717, 1.165) is 9.13 Å². The van der Waals surface area contributed by atoms with Crippen LogP contribution in [0.4, 0.5) is 5.69 Å². The van der Waals surface area contributed by atoms with Crippen molar-refractivity contribution < 1.29 is 13.5 Å². The van der Waals surface area contributed by atoms with Crippen molar-refractivity contribution in [2.45, 2.75) is 18.4 Å². The summed E-state index contributed by atoms with van der Waals surface area (Å²) >= 11 is 2.11. The average Bonchev–Trinajstić information content (AvgIpc) is 2.41. The monoisotopic (exact) mass is 403 g/mol. The molecule has 2 aromatic rings. The van der Waals surface area contributed by atoms with Gasteiger partial charge in [-0.25, -0.2) is 8.42 Å². The number of hydrogen-bond acceptors (Lipinski definition) is 3. The van der Waals surface area contributed by atoms with E-state index in [-0.39, 0.29) is 11.5 Å². The number of hydrogen-bond donors (Lipinski definition) is 2. The van der Waals surface area contributed by atoms with Crippen LogP contribution in [0.3, 0.4) is 0 Å². The van der Waals surface area contributed by atoms with E-state index in [4.69, 9.17) is 0 Å². The third-order valence-electron chi connectivity index (χ3n) is 2.80. The molecule has 0 aliphatic carbocycles. The highest BCUT2D eigenvalue weighted by Gasteiger charge is 2.15. The topological polar surface area (TPSA) is 66.4 Å². The van der Waals surface area contributed by atoms with Gasteiger partial charge in [0.05, 0.1) is 17.2 Å². The van der Waals surface area contributed by atoms with Gasteiger partial charge in [-0.2, -0.15) is 0 Å². The van der Waals surface area contributed by atoms with Gasteiger partial charge in [0.2, 0.25) is 0 Å². The summed E-state index contributed by atoms with van der Waals surface area (Å²) in [5, 5.41) is 9.31. The minimum Gasteiger partial charge on any atom is -0.392 e. The highest BCUT2D eigenvalue weighted by molar-refractivity contribution is 14.1. The van der Waals surface area contributed by atoms with Crippen LogP contribution in [0, 0.1) is 10.5 Å². The number of aryl methyl sites for hydroxylation is 1. The summed E-state index contributed by atoms with van der Waals surface area (Å²) in [6, 6.07) is 11.8. The average molecular weight is 403 g/mol. The van der Waals surface area contributed by atoms with Gasteiger partial charge >= 0.3 is 0 Å². The lowest BCUT2D eigenvalue weighted by atomic mass is 10.1. The van der Waals surface area contributed by atoms with E-state index >= 15 is 0 Å². The second-order valence-electron chi connectivity index (χ2n) is 4.38. The van der Waals surface area contributed by atoms with Crippen molar-refractivity contribution in [3.63, 3.8) is 0 Å². The summed E-state index contributed by atoms with van der Waals surface area (Å²) in [7, 11) is -3.64. The zero-order valence-corrected chi connectivity index (χ0v) is 13.8. The van der Waals surface area contributed by atoms with Crippen molar-refractivity contribution in [3.05, 3.63) is 57.2 Å². The van der Waals surface area contributed by atoms with Gasteiger partial charge in [0.25, 0.3) is 10.0 Å². The maximum absolute atomic E-state index is 12.3. The predicted molar refractivity (Wildman–Crippen MR) is 87.1 cm³/mol. The first-order chi connectivity index (χ1) is 9.42. The lowest BCUT2D eigenvalue weighted by Crippen LogP contribution is -2.14. The molecule has 0 saturated heterocycles. The lowest BCUT2D eigenvalue weighted by Gasteiger charge is -2.12. The Morgan fingerprint density at radius 3 is 2.40 bits per heavy atom. The number of rotatable bonds is 4. The fourth-order valence-electron chi connectivity index (χ4n) is 1.77. The van der Waals surface area contributed by atoms with E-state index in [1.165, 1.54) is 0 Å². The number of benzene rings is 2. The number of aliphatic hydroxyl groups excluding tert-OH is 1. The van der Waals surface area contributed by atoms with Crippen LogP contribution in [0.25, 0.3) is 0 Å². The quantitative estimate of drug-likeness (QED) is 0.772. The molecular weight excluding hydrogens is 389 g/mol. The lowest BCUT2D eigenvalue weighted by molar-refractivity contribution is 0.282. The van der Waals surface area contributed by atoms with Gasteiger partial charge in [0.1, 0.15) is 0 Å². The Bertz CT molecular complexity index is 712. The van der Waals surface area contributed by atoms with E-state index in [1.54, 1.807) is 42.5 Å². The van der Waals surface area contributed by atoms with Crippen LogP contribution >= 0.6 is 22.6 Å². The highest BCUT2D eigenvalue weighted by atomic mass is 127. The Hall–Kier alpha value is -1.12. The van der Waals surface area contributed by atoms with Gasteiger partial charge in [0.15, 0.2) is 0 Å². The Labute approximate surface area is 132 Å². The van der Waals surface area contributed by atoms with Crippen molar-refractivity contribution in [2.24, 2.45) is 0 Å². The number of halogens is 1. The van der Waals surface area contributed by atoms with Gasteiger partial charge < -0.3 is 5.11 Å². The van der Waals surface area contributed by atoms with Crippen LogP contribution in [0.5, 0.6) is 0 Å². The van der Waals surface area contributed by atoms with E-state index in [1.807, 2.05) is 6.92 Å². The molecule has 0 aromatic heterocycles. The molecule has 0 unspecified atom stereocenters. The van der Waals surface area contributed by atoms with Crippen LogP contribution in [0.15, 0.2) is 47.4 Å². The first-order valence-electron chi connectivity index (χ1n) is 5.91. The van der Waals surface area contributed by atoms with Crippen LogP contribution in [0.2, 0.25) is 0 Å². The molecule has 0 bridgehead atoms. The van der Waals surface area contributed by atoms with Crippen molar-refractivity contribution >= 4 is 38.3 Å². The van der Waals surface area contributed by atoms with Crippen LogP contribution < -0.4 is 4.72 Å². The molecule has 2 rings (SSSR count). The Kier molecular flexibility index (Phi) is 4.66. The first-order valence-corrected chi connectivity index (χ1v) is 8.47. The molecule has 0 aliphatic heterocycles. The summed E-state index contributed by atoms with van der Waals surface area (Å²) < 4.78 is 28.0. The van der Waals surface area contributed by atoms with E-state index in [2.05, 4.69) is 27.3 Å². The smallest absolute Gasteiger partial charge is 0.261 e. The van der Waals surface area contributed by atoms with E-state index < -0.39 is 10.0 Å². The molecule has 0 atom stereocenters. The van der Waals surface area contributed by atoms with Crippen molar-refractivity contribution in [1.82, 2.24) is 0 Å². The molecule has 0 radical (unpaired) electrons. The fourth-order valence-corrected chi connectivity index (χ4v) is 3.23.